The van der Waals surface area contributed by atoms with Gasteiger partial charge in [-0.3, -0.25) is 10.1 Å². The number of unbranched alkanes of at least 4 members (excludes halogenated alkanes) is 2. The van der Waals surface area contributed by atoms with E-state index in [9.17, 15) is 4.79 Å². The lowest BCUT2D eigenvalue weighted by atomic mass is 9.93. The van der Waals surface area contributed by atoms with Crippen molar-refractivity contribution in [2.24, 2.45) is 11.7 Å². The molecular weight excluding hydrogens is 228 g/mol. The molecular formula is C14H26N2O2. The molecule has 2 saturated carbocycles. The van der Waals surface area contributed by atoms with E-state index in [0.29, 0.717) is 18.6 Å². The Balaban J connectivity index is 1.84. The summed E-state index contributed by atoms with van der Waals surface area (Å²) in [6, 6.07) is 0.484. The number of hydrogen-bond acceptors (Lipinski definition) is 3. The smallest absolute Gasteiger partial charge is 0.240 e. The summed E-state index contributed by atoms with van der Waals surface area (Å²) in [5.41, 5.74) is 5.06. The van der Waals surface area contributed by atoms with Crippen molar-refractivity contribution in [1.29, 1.82) is 0 Å². The summed E-state index contributed by atoms with van der Waals surface area (Å²) >= 11 is 0. The zero-order chi connectivity index (χ0) is 13.0. The van der Waals surface area contributed by atoms with Gasteiger partial charge < -0.3 is 10.5 Å². The second-order valence-electron chi connectivity index (χ2n) is 5.79. The van der Waals surface area contributed by atoms with E-state index in [0.717, 1.165) is 38.7 Å². The van der Waals surface area contributed by atoms with Gasteiger partial charge in [-0.05, 0) is 38.0 Å². The average Bonchev–Trinajstić information content (AvgIpc) is 3.19. The molecule has 0 heterocycles. The van der Waals surface area contributed by atoms with E-state index in [4.69, 9.17) is 10.5 Å². The Kier molecular flexibility index (Phi) is 4.62. The highest BCUT2D eigenvalue weighted by atomic mass is 16.5. The number of carbonyl (C=O) groups is 1. The third-order valence-electron chi connectivity index (χ3n) is 3.97. The first kappa shape index (κ1) is 13.8. The van der Waals surface area contributed by atoms with Gasteiger partial charge >= 0.3 is 0 Å². The van der Waals surface area contributed by atoms with Crippen LogP contribution < -0.4 is 11.1 Å². The van der Waals surface area contributed by atoms with Gasteiger partial charge in [0.05, 0.1) is 6.61 Å². The van der Waals surface area contributed by atoms with Crippen LogP contribution in [-0.4, -0.2) is 30.7 Å². The molecule has 2 aliphatic rings. The minimum Gasteiger partial charge on any atom is -0.379 e. The van der Waals surface area contributed by atoms with E-state index in [2.05, 4.69) is 12.2 Å². The molecule has 0 radical (unpaired) electrons. The van der Waals surface area contributed by atoms with Gasteiger partial charge in [0.1, 0.15) is 5.54 Å². The van der Waals surface area contributed by atoms with Crippen molar-refractivity contribution in [3.8, 4) is 0 Å². The third kappa shape index (κ3) is 3.45. The van der Waals surface area contributed by atoms with Crippen LogP contribution in [0.25, 0.3) is 0 Å². The number of hydrogen-bond donors (Lipinski definition) is 2. The van der Waals surface area contributed by atoms with Crippen molar-refractivity contribution in [3.63, 3.8) is 0 Å². The maximum Gasteiger partial charge on any atom is 0.240 e. The van der Waals surface area contributed by atoms with Crippen LogP contribution in [0.5, 0.6) is 0 Å². The number of nitrogens with two attached hydrogens (primary N) is 1. The lowest BCUT2D eigenvalue weighted by molar-refractivity contribution is -0.128. The summed E-state index contributed by atoms with van der Waals surface area (Å²) in [6.45, 7) is 3.36. The highest BCUT2D eigenvalue weighted by Gasteiger charge is 2.52. The standard InChI is InChI=1S/C14H26N2O2/c1-2-3-4-9-18-10-14(13(15)17,11-5-6-11)16-12-7-8-12/h11-12,16H,2-10H2,1H3,(H2,15,17). The second-order valence-corrected chi connectivity index (χ2v) is 5.79. The molecule has 0 aromatic heterocycles. The average molecular weight is 254 g/mol. The Morgan fingerprint density at radius 2 is 2.06 bits per heavy atom. The van der Waals surface area contributed by atoms with Gasteiger partial charge in [-0.15, -0.1) is 0 Å². The van der Waals surface area contributed by atoms with Gasteiger partial charge in [0.25, 0.3) is 0 Å². The summed E-state index contributed by atoms with van der Waals surface area (Å²) in [7, 11) is 0. The molecule has 1 atom stereocenters. The van der Waals surface area contributed by atoms with Crippen molar-refractivity contribution in [2.45, 2.75) is 63.5 Å². The van der Waals surface area contributed by atoms with E-state index in [1.54, 1.807) is 0 Å². The zero-order valence-corrected chi connectivity index (χ0v) is 11.4. The fourth-order valence-electron chi connectivity index (χ4n) is 2.48. The fourth-order valence-corrected chi connectivity index (χ4v) is 2.48. The molecule has 0 aromatic carbocycles. The number of amides is 1. The van der Waals surface area contributed by atoms with E-state index in [-0.39, 0.29) is 5.91 Å². The van der Waals surface area contributed by atoms with Crippen LogP contribution in [0.4, 0.5) is 0 Å². The molecule has 0 saturated heterocycles. The molecule has 4 heteroatoms. The molecule has 4 nitrogen and oxygen atoms in total. The Labute approximate surface area is 110 Å². The van der Waals surface area contributed by atoms with Gasteiger partial charge in [0.2, 0.25) is 5.91 Å². The van der Waals surface area contributed by atoms with Crippen molar-refractivity contribution >= 4 is 5.91 Å². The van der Waals surface area contributed by atoms with E-state index < -0.39 is 5.54 Å². The Hall–Kier alpha value is -0.610. The maximum atomic E-state index is 11.9. The van der Waals surface area contributed by atoms with Crippen LogP contribution in [0.15, 0.2) is 0 Å². The molecule has 2 fully saturated rings. The van der Waals surface area contributed by atoms with Gasteiger partial charge in [-0.25, -0.2) is 0 Å². The van der Waals surface area contributed by atoms with Crippen LogP contribution >= 0.6 is 0 Å². The summed E-state index contributed by atoms with van der Waals surface area (Å²) in [5, 5.41) is 3.46. The number of rotatable bonds is 10. The van der Waals surface area contributed by atoms with E-state index in [1.165, 1.54) is 12.8 Å². The van der Waals surface area contributed by atoms with Gasteiger partial charge in [0, 0.05) is 12.6 Å². The van der Waals surface area contributed by atoms with Crippen LogP contribution in [0.3, 0.4) is 0 Å². The van der Waals surface area contributed by atoms with Crippen molar-refractivity contribution in [2.75, 3.05) is 13.2 Å². The first-order chi connectivity index (χ1) is 8.69. The van der Waals surface area contributed by atoms with Gasteiger partial charge in [-0.2, -0.15) is 0 Å². The molecule has 104 valence electrons. The Morgan fingerprint density at radius 1 is 1.33 bits per heavy atom. The molecule has 2 rings (SSSR count). The first-order valence-electron chi connectivity index (χ1n) is 7.34. The van der Waals surface area contributed by atoms with E-state index in [1.807, 2.05) is 0 Å². The quantitative estimate of drug-likeness (QED) is 0.582. The first-order valence-corrected chi connectivity index (χ1v) is 7.34. The minimum absolute atomic E-state index is 0.229. The highest BCUT2D eigenvalue weighted by Crippen LogP contribution is 2.41. The molecule has 3 N–H and O–H groups in total. The second kappa shape index (κ2) is 6.02. The maximum absolute atomic E-state index is 11.9. The number of ether oxygens (including phenoxy) is 1. The molecule has 1 unspecified atom stereocenters. The molecule has 0 spiro atoms. The normalized spacial score (nSPS) is 22.7. The molecule has 0 bridgehead atoms. The van der Waals surface area contributed by atoms with Gasteiger partial charge in [-0.1, -0.05) is 19.8 Å². The van der Waals surface area contributed by atoms with Crippen LogP contribution in [0, 0.1) is 5.92 Å². The molecule has 0 aliphatic heterocycles. The van der Waals surface area contributed by atoms with Crippen molar-refractivity contribution in [3.05, 3.63) is 0 Å². The van der Waals surface area contributed by atoms with E-state index >= 15 is 0 Å². The van der Waals surface area contributed by atoms with Gasteiger partial charge in [0.15, 0.2) is 0 Å². The summed E-state index contributed by atoms with van der Waals surface area (Å²) in [6.07, 6.45) is 7.97. The molecule has 2 aliphatic carbocycles. The molecule has 18 heavy (non-hydrogen) atoms. The predicted molar refractivity (Wildman–Crippen MR) is 71.2 cm³/mol. The monoisotopic (exact) mass is 254 g/mol. The Morgan fingerprint density at radius 3 is 2.56 bits per heavy atom. The summed E-state index contributed by atoms with van der Waals surface area (Å²) < 4.78 is 5.73. The fraction of sp³-hybridized carbons (Fsp3) is 0.929. The SMILES string of the molecule is CCCCCOCC(NC1CC1)(C(N)=O)C1CC1. The molecule has 0 aromatic rings. The lowest BCUT2D eigenvalue weighted by Gasteiger charge is -2.32. The summed E-state index contributed by atoms with van der Waals surface area (Å²) in [5.74, 6) is 0.161. The minimum atomic E-state index is -0.590. The topological polar surface area (TPSA) is 64.3 Å². The zero-order valence-electron chi connectivity index (χ0n) is 11.4. The number of nitrogens with one attached hydrogen (secondary N) is 1. The highest BCUT2D eigenvalue weighted by molar-refractivity contribution is 5.86. The predicted octanol–water partition coefficient (Wildman–Crippen LogP) is 1.58. The summed E-state index contributed by atoms with van der Waals surface area (Å²) in [4.78, 5) is 11.9. The largest absolute Gasteiger partial charge is 0.379 e. The van der Waals surface area contributed by atoms with Crippen LogP contribution in [0.2, 0.25) is 0 Å². The van der Waals surface area contributed by atoms with Crippen molar-refractivity contribution in [1.82, 2.24) is 5.32 Å². The number of carbonyl (C=O) groups excluding carboxylic acids is 1. The molecule has 1 amide bonds. The number of primary amides is 1. The van der Waals surface area contributed by atoms with Crippen molar-refractivity contribution < 1.29 is 9.53 Å². The lowest BCUT2D eigenvalue weighted by Crippen LogP contribution is -2.61. The van der Waals surface area contributed by atoms with Crippen LogP contribution in [0.1, 0.15) is 51.9 Å². The Bertz CT molecular complexity index is 288. The third-order valence-corrected chi connectivity index (χ3v) is 3.97. The van der Waals surface area contributed by atoms with Crippen LogP contribution in [-0.2, 0) is 9.53 Å².